The van der Waals surface area contributed by atoms with Gasteiger partial charge < -0.3 is 14.6 Å². The van der Waals surface area contributed by atoms with Crippen LogP contribution in [0, 0.1) is 5.82 Å². The third kappa shape index (κ3) is 5.19. The molecule has 0 spiro atoms. The molecule has 4 rings (SSSR count). The van der Waals surface area contributed by atoms with Crippen molar-refractivity contribution in [1.29, 1.82) is 0 Å². The molecule has 1 aliphatic rings. The molecule has 7 heteroatoms. The van der Waals surface area contributed by atoms with Gasteiger partial charge in [-0.2, -0.15) is 0 Å². The fraction of sp³-hybridized carbons (Fsp3) is 0.250. The molecule has 0 bridgehead atoms. The fourth-order valence-corrected chi connectivity index (χ4v) is 3.58. The Labute approximate surface area is 180 Å². The molecule has 1 saturated heterocycles. The van der Waals surface area contributed by atoms with Gasteiger partial charge in [0.25, 0.3) is 5.91 Å². The number of furan rings is 1. The molecular formula is C24H24FN3O3. The third-order valence-corrected chi connectivity index (χ3v) is 5.32. The van der Waals surface area contributed by atoms with Crippen molar-refractivity contribution in [1.82, 2.24) is 15.1 Å². The third-order valence-electron chi connectivity index (χ3n) is 5.32. The molecule has 2 aromatic carbocycles. The lowest BCUT2D eigenvalue weighted by Crippen LogP contribution is -2.51. The number of piperazine rings is 1. The molecule has 160 valence electrons. The summed E-state index contributed by atoms with van der Waals surface area (Å²) in [5.41, 5.74) is 1.38. The molecule has 1 aliphatic heterocycles. The molecule has 0 unspecified atom stereocenters. The Kier molecular flexibility index (Phi) is 6.43. The SMILES string of the molecule is O=C(CN1CCN(C(=O)c2ccc(-c3ccccc3F)o2)CC1)NCc1ccccc1. The van der Waals surface area contributed by atoms with Crippen molar-refractivity contribution in [3.05, 3.63) is 83.9 Å². The number of carbonyl (C=O) groups is 2. The molecule has 0 aliphatic carbocycles. The van der Waals surface area contributed by atoms with Crippen LogP contribution >= 0.6 is 0 Å². The van der Waals surface area contributed by atoms with Gasteiger partial charge in [-0.05, 0) is 29.8 Å². The van der Waals surface area contributed by atoms with Crippen molar-refractivity contribution in [3.8, 4) is 11.3 Å². The normalized spacial score (nSPS) is 14.4. The monoisotopic (exact) mass is 421 g/mol. The topological polar surface area (TPSA) is 65.8 Å². The summed E-state index contributed by atoms with van der Waals surface area (Å²) in [6, 6.07) is 19.2. The summed E-state index contributed by atoms with van der Waals surface area (Å²) in [5, 5.41) is 2.92. The van der Waals surface area contributed by atoms with Crippen LogP contribution in [0.2, 0.25) is 0 Å². The first-order valence-corrected chi connectivity index (χ1v) is 10.3. The number of amides is 2. The van der Waals surface area contributed by atoms with E-state index in [2.05, 4.69) is 5.32 Å². The summed E-state index contributed by atoms with van der Waals surface area (Å²) in [5.74, 6) is -0.141. The van der Waals surface area contributed by atoms with E-state index in [9.17, 15) is 14.0 Å². The van der Waals surface area contributed by atoms with Gasteiger partial charge in [-0.1, -0.05) is 42.5 Å². The number of nitrogens with one attached hydrogen (secondary N) is 1. The molecule has 6 nitrogen and oxygen atoms in total. The molecule has 1 N–H and O–H groups in total. The largest absolute Gasteiger partial charge is 0.451 e. The maximum atomic E-state index is 13.9. The molecule has 31 heavy (non-hydrogen) atoms. The van der Waals surface area contributed by atoms with E-state index < -0.39 is 5.82 Å². The molecular weight excluding hydrogens is 397 g/mol. The molecule has 1 fully saturated rings. The first kappa shape index (κ1) is 20.8. The van der Waals surface area contributed by atoms with Crippen LogP contribution in [0.1, 0.15) is 16.1 Å². The van der Waals surface area contributed by atoms with Crippen molar-refractivity contribution in [2.75, 3.05) is 32.7 Å². The summed E-state index contributed by atoms with van der Waals surface area (Å²) in [4.78, 5) is 28.7. The summed E-state index contributed by atoms with van der Waals surface area (Å²) in [7, 11) is 0. The van der Waals surface area contributed by atoms with Gasteiger partial charge in [0, 0.05) is 32.7 Å². The predicted molar refractivity (Wildman–Crippen MR) is 115 cm³/mol. The molecule has 1 aromatic heterocycles. The van der Waals surface area contributed by atoms with Crippen LogP contribution < -0.4 is 5.32 Å². The lowest BCUT2D eigenvalue weighted by Gasteiger charge is -2.33. The number of hydrogen-bond acceptors (Lipinski definition) is 4. The van der Waals surface area contributed by atoms with Crippen LogP contribution in [-0.4, -0.2) is 54.3 Å². The minimum atomic E-state index is -0.394. The van der Waals surface area contributed by atoms with Gasteiger partial charge in [-0.25, -0.2) is 4.39 Å². The Bertz CT molecular complexity index is 1040. The van der Waals surface area contributed by atoms with Gasteiger partial charge in [-0.3, -0.25) is 14.5 Å². The summed E-state index contributed by atoms with van der Waals surface area (Å²) < 4.78 is 19.6. The van der Waals surface area contributed by atoms with E-state index in [0.717, 1.165) is 5.56 Å². The number of benzene rings is 2. The van der Waals surface area contributed by atoms with E-state index in [1.54, 1.807) is 35.2 Å². The second-order valence-corrected chi connectivity index (χ2v) is 7.47. The molecule has 3 aromatic rings. The zero-order valence-electron chi connectivity index (χ0n) is 17.1. The lowest BCUT2D eigenvalue weighted by molar-refractivity contribution is -0.122. The van der Waals surface area contributed by atoms with Crippen molar-refractivity contribution < 1.29 is 18.4 Å². The minimum absolute atomic E-state index is 0.0378. The summed E-state index contributed by atoms with van der Waals surface area (Å²) >= 11 is 0. The maximum Gasteiger partial charge on any atom is 0.289 e. The van der Waals surface area contributed by atoms with E-state index in [1.165, 1.54) is 6.07 Å². The van der Waals surface area contributed by atoms with Crippen molar-refractivity contribution in [2.45, 2.75) is 6.54 Å². The van der Waals surface area contributed by atoms with Crippen molar-refractivity contribution in [2.24, 2.45) is 0 Å². The molecule has 0 saturated carbocycles. The Balaban J connectivity index is 1.26. The van der Waals surface area contributed by atoms with Crippen LogP contribution in [0.4, 0.5) is 4.39 Å². The first-order chi connectivity index (χ1) is 15.1. The maximum absolute atomic E-state index is 13.9. The molecule has 0 radical (unpaired) electrons. The van der Waals surface area contributed by atoms with Crippen LogP contribution in [-0.2, 0) is 11.3 Å². The summed E-state index contributed by atoms with van der Waals surface area (Å²) in [6.07, 6.45) is 0. The van der Waals surface area contributed by atoms with E-state index in [4.69, 9.17) is 4.42 Å². The van der Waals surface area contributed by atoms with Crippen LogP contribution in [0.3, 0.4) is 0 Å². The Morgan fingerprint density at radius 1 is 0.903 bits per heavy atom. The van der Waals surface area contributed by atoms with Crippen molar-refractivity contribution >= 4 is 11.8 Å². The zero-order chi connectivity index (χ0) is 21.6. The quantitative estimate of drug-likeness (QED) is 0.664. The van der Waals surface area contributed by atoms with Gasteiger partial charge >= 0.3 is 0 Å². The highest BCUT2D eigenvalue weighted by molar-refractivity contribution is 5.92. The Morgan fingerprint density at radius 3 is 2.35 bits per heavy atom. The Hall–Kier alpha value is -3.45. The number of carbonyl (C=O) groups excluding carboxylic acids is 2. The lowest BCUT2D eigenvalue weighted by atomic mass is 10.1. The molecule has 0 atom stereocenters. The highest BCUT2D eigenvalue weighted by atomic mass is 19.1. The average molecular weight is 421 g/mol. The second-order valence-electron chi connectivity index (χ2n) is 7.47. The average Bonchev–Trinajstić information content (AvgIpc) is 3.29. The van der Waals surface area contributed by atoms with E-state index >= 15 is 0 Å². The van der Waals surface area contributed by atoms with Crippen molar-refractivity contribution in [3.63, 3.8) is 0 Å². The standard InChI is InChI=1S/C24H24FN3O3/c25-20-9-5-4-8-19(20)21-10-11-22(31-21)24(30)28-14-12-27(13-15-28)17-23(29)26-16-18-6-2-1-3-7-18/h1-11H,12-17H2,(H,26,29). The molecule has 2 heterocycles. The number of halogens is 1. The zero-order valence-corrected chi connectivity index (χ0v) is 17.1. The van der Waals surface area contributed by atoms with Crippen LogP contribution in [0.15, 0.2) is 71.1 Å². The number of hydrogen-bond donors (Lipinski definition) is 1. The highest BCUT2D eigenvalue weighted by Gasteiger charge is 2.25. The van der Waals surface area contributed by atoms with Crippen LogP contribution in [0.5, 0.6) is 0 Å². The minimum Gasteiger partial charge on any atom is -0.451 e. The molecule has 2 amide bonds. The van der Waals surface area contributed by atoms with Gasteiger partial charge in [0.2, 0.25) is 5.91 Å². The van der Waals surface area contributed by atoms with E-state index in [-0.39, 0.29) is 17.6 Å². The smallest absolute Gasteiger partial charge is 0.289 e. The fourth-order valence-electron chi connectivity index (χ4n) is 3.58. The van der Waals surface area contributed by atoms with Gasteiger partial charge in [0.05, 0.1) is 12.1 Å². The predicted octanol–water partition coefficient (Wildman–Crippen LogP) is 3.16. The van der Waals surface area contributed by atoms with Gasteiger partial charge in [-0.15, -0.1) is 0 Å². The van der Waals surface area contributed by atoms with E-state index in [0.29, 0.717) is 50.6 Å². The number of nitrogens with zero attached hydrogens (tertiary/aromatic N) is 2. The van der Waals surface area contributed by atoms with Crippen LogP contribution in [0.25, 0.3) is 11.3 Å². The summed E-state index contributed by atoms with van der Waals surface area (Å²) in [6.45, 7) is 3.01. The van der Waals surface area contributed by atoms with E-state index in [1.807, 2.05) is 35.2 Å². The van der Waals surface area contributed by atoms with Gasteiger partial charge in [0.1, 0.15) is 11.6 Å². The van der Waals surface area contributed by atoms with Gasteiger partial charge in [0.15, 0.2) is 5.76 Å². The Morgan fingerprint density at radius 2 is 1.61 bits per heavy atom. The number of rotatable bonds is 6. The highest BCUT2D eigenvalue weighted by Crippen LogP contribution is 2.25. The first-order valence-electron chi connectivity index (χ1n) is 10.3. The second kappa shape index (κ2) is 9.57.